The van der Waals surface area contributed by atoms with Crippen molar-refractivity contribution < 1.29 is 117 Å². The van der Waals surface area contributed by atoms with Gasteiger partial charge in [-0.3, -0.25) is 23.4 Å². The Morgan fingerprint density at radius 1 is 0.380 bits per heavy atom. The van der Waals surface area contributed by atoms with Crippen LogP contribution in [0.4, 0.5) is 0 Å². The number of esters is 3. The Morgan fingerprint density at radius 2 is 0.700 bits per heavy atom. The first-order valence-corrected chi connectivity index (χ1v) is 40.6. The van der Waals surface area contributed by atoms with E-state index in [0.717, 1.165) is 116 Å². The molecule has 2 aliphatic heterocycles. The van der Waals surface area contributed by atoms with Crippen LogP contribution >= 0.6 is 7.82 Å². The minimum Gasteiger partial charge on any atom is -0.463 e. The molecular weight excluding hydrogens is 1320 g/mol. The lowest BCUT2D eigenvalue weighted by molar-refractivity contribution is -0.360. The average Bonchev–Trinajstić information content (AvgIpc) is 0.762. The molecule has 3 fully saturated rings. The number of aliphatic hydroxyl groups excluding tert-OH is 10. The fraction of sp³-hybridized carbons (Fsp3) is 0.907. The maximum atomic E-state index is 14.3. The molecule has 18 unspecified atom stereocenters. The summed E-state index contributed by atoms with van der Waals surface area (Å²) in [6.45, 7) is 3.43. The van der Waals surface area contributed by atoms with Gasteiger partial charge in [-0.25, -0.2) is 4.57 Å². The van der Waals surface area contributed by atoms with Gasteiger partial charge < -0.3 is 89.1 Å². The molecule has 2 heterocycles. The van der Waals surface area contributed by atoms with Crippen LogP contribution in [0.5, 0.6) is 0 Å². The minimum absolute atomic E-state index is 0.0232. The predicted octanol–water partition coefficient (Wildman–Crippen LogP) is 11.3. The zero-order chi connectivity index (χ0) is 73.2. The molecule has 3 rings (SSSR count). The standard InChI is InChI=1S/C75H137O24P/c1-4-7-10-13-16-19-22-25-27-28-30-33-36-39-42-45-48-51-61(79)94-56(53-91-59(77)49-46-43-40-37-34-31-24-21-18-15-12-9-6-3)54-93-100(89,90)99-73-71(97-74-69(87)64(82)62(80)57(52-76)95-74)67(85)66(84)68(86)72(73)98-75-70(88)65(83)63(81)58(96-75)55-92-60(78)50-47-44-41-38-35-32-29-26-23-20-17-14-11-8-5-2/h20,23,31,34,56-58,62-76,80-88H,4-19,21-22,24-30,32-33,35-55H2,1-3H3,(H,89,90)/b23-20-,34-31-. The van der Waals surface area contributed by atoms with E-state index in [9.17, 15) is 74.9 Å². The molecular formula is C75H137O24P. The van der Waals surface area contributed by atoms with E-state index in [0.29, 0.717) is 19.3 Å². The van der Waals surface area contributed by atoms with Crippen molar-refractivity contribution >= 4 is 25.7 Å². The summed E-state index contributed by atoms with van der Waals surface area (Å²) in [7, 11) is -5.70. The van der Waals surface area contributed by atoms with Crippen molar-refractivity contribution in [3.8, 4) is 0 Å². The van der Waals surface area contributed by atoms with Crippen molar-refractivity contribution in [1.29, 1.82) is 0 Å². The molecule has 1 saturated carbocycles. The van der Waals surface area contributed by atoms with Crippen LogP contribution in [0.15, 0.2) is 24.3 Å². The van der Waals surface area contributed by atoms with Gasteiger partial charge in [-0.1, -0.05) is 238 Å². The predicted molar refractivity (Wildman–Crippen MR) is 379 cm³/mol. The van der Waals surface area contributed by atoms with Gasteiger partial charge in [-0.05, 0) is 70.6 Å². The fourth-order valence-electron chi connectivity index (χ4n) is 12.8. The van der Waals surface area contributed by atoms with E-state index in [4.69, 9.17) is 42.2 Å². The molecule has 0 aromatic rings. The summed E-state index contributed by atoms with van der Waals surface area (Å²) in [5.41, 5.74) is 0. The van der Waals surface area contributed by atoms with Gasteiger partial charge in [0.2, 0.25) is 0 Å². The first-order valence-electron chi connectivity index (χ1n) is 39.1. The third-order valence-corrected chi connectivity index (χ3v) is 20.2. The largest absolute Gasteiger partial charge is 0.472 e. The van der Waals surface area contributed by atoms with E-state index in [1.165, 1.54) is 128 Å². The van der Waals surface area contributed by atoms with E-state index < -0.39 is 156 Å². The van der Waals surface area contributed by atoms with Gasteiger partial charge >= 0.3 is 25.7 Å². The van der Waals surface area contributed by atoms with Crippen molar-refractivity contribution in [3.63, 3.8) is 0 Å². The monoisotopic (exact) mass is 1450 g/mol. The first-order chi connectivity index (χ1) is 48.3. The van der Waals surface area contributed by atoms with Crippen LogP contribution in [0.2, 0.25) is 0 Å². The summed E-state index contributed by atoms with van der Waals surface area (Å²) in [5, 5.41) is 110. The second-order valence-electron chi connectivity index (χ2n) is 28.1. The molecule has 2 saturated heterocycles. The van der Waals surface area contributed by atoms with Crippen LogP contribution in [0, 0.1) is 0 Å². The lowest BCUT2D eigenvalue weighted by Gasteiger charge is -2.49. The number of unbranched alkanes of at least 4 members (excludes halogenated alkanes) is 36. The Balaban J connectivity index is 1.72. The number of carbonyl (C=O) groups excluding carboxylic acids is 3. The summed E-state index contributed by atoms with van der Waals surface area (Å²) in [5.74, 6) is -2.01. The van der Waals surface area contributed by atoms with Crippen molar-refractivity contribution in [3.05, 3.63) is 24.3 Å². The van der Waals surface area contributed by atoms with E-state index in [1.54, 1.807) is 0 Å². The number of phosphoric ester groups is 1. The van der Waals surface area contributed by atoms with E-state index in [2.05, 4.69) is 45.1 Å². The van der Waals surface area contributed by atoms with Crippen LogP contribution in [0.1, 0.15) is 303 Å². The molecule has 0 radical (unpaired) electrons. The lowest BCUT2D eigenvalue weighted by atomic mass is 9.84. The molecule has 11 N–H and O–H groups in total. The number of allylic oxidation sites excluding steroid dienone is 4. The molecule has 586 valence electrons. The summed E-state index contributed by atoms with van der Waals surface area (Å²) < 4.78 is 65.1. The van der Waals surface area contributed by atoms with Crippen molar-refractivity contribution in [2.24, 2.45) is 0 Å². The van der Waals surface area contributed by atoms with Gasteiger partial charge in [0, 0.05) is 19.3 Å². The van der Waals surface area contributed by atoms with Crippen molar-refractivity contribution in [1.82, 2.24) is 0 Å². The molecule has 18 atom stereocenters. The quantitative estimate of drug-likeness (QED) is 0.00886. The Morgan fingerprint density at radius 3 is 1.10 bits per heavy atom. The lowest BCUT2D eigenvalue weighted by Crippen LogP contribution is -2.69. The number of ether oxygens (including phenoxy) is 7. The van der Waals surface area contributed by atoms with E-state index in [-0.39, 0.29) is 19.3 Å². The third kappa shape index (κ3) is 39.2. The third-order valence-electron chi connectivity index (χ3n) is 19.2. The molecule has 25 heteroatoms. The Labute approximate surface area is 598 Å². The van der Waals surface area contributed by atoms with E-state index in [1.807, 2.05) is 0 Å². The molecule has 0 aromatic carbocycles. The zero-order valence-corrected chi connectivity index (χ0v) is 62.1. The van der Waals surface area contributed by atoms with Crippen LogP contribution in [-0.2, 0) is 61.2 Å². The molecule has 0 aromatic heterocycles. The first kappa shape index (κ1) is 91.6. The molecule has 24 nitrogen and oxygen atoms in total. The van der Waals surface area contributed by atoms with Crippen LogP contribution in [-0.4, -0.2) is 204 Å². The summed E-state index contributed by atoms with van der Waals surface area (Å²) in [6, 6.07) is 0. The number of carbonyl (C=O) groups is 3. The van der Waals surface area contributed by atoms with Crippen molar-refractivity contribution in [2.75, 3.05) is 26.4 Å². The molecule has 3 aliphatic rings. The number of hydrogen-bond donors (Lipinski definition) is 11. The molecule has 100 heavy (non-hydrogen) atoms. The highest BCUT2D eigenvalue weighted by Gasteiger charge is 2.58. The number of phosphoric acid groups is 1. The highest BCUT2D eigenvalue weighted by molar-refractivity contribution is 7.47. The highest BCUT2D eigenvalue weighted by Crippen LogP contribution is 2.49. The Hall–Kier alpha value is -2.56. The minimum atomic E-state index is -5.70. The van der Waals surface area contributed by atoms with Crippen LogP contribution < -0.4 is 0 Å². The van der Waals surface area contributed by atoms with Gasteiger partial charge in [-0.15, -0.1) is 0 Å². The smallest absolute Gasteiger partial charge is 0.463 e. The van der Waals surface area contributed by atoms with Crippen molar-refractivity contribution in [2.45, 2.75) is 407 Å². The molecule has 0 amide bonds. The second kappa shape index (κ2) is 56.7. The molecule has 1 aliphatic carbocycles. The van der Waals surface area contributed by atoms with Gasteiger partial charge in [0.15, 0.2) is 18.7 Å². The zero-order valence-electron chi connectivity index (χ0n) is 61.2. The summed E-state index contributed by atoms with van der Waals surface area (Å²) in [6.07, 6.45) is 18.0. The van der Waals surface area contributed by atoms with Gasteiger partial charge in [0.05, 0.1) is 13.2 Å². The van der Waals surface area contributed by atoms with Gasteiger partial charge in [0.1, 0.15) is 98.7 Å². The average molecular weight is 1450 g/mol. The SMILES string of the molecule is CCCCCC/C=C\CCCCCCCCCC(=O)OCC1OC(OC2C(O)C(O)C(O)C(OC3OC(CO)C(O)C(O)C3O)C2OP(=O)(O)OCC(COC(=O)CCCCC/C=C\CCCCCCCC)OC(=O)CCCCCCCCCCCCCCCCCCC)C(O)C(O)C1O. The summed E-state index contributed by atoms with van der Waals surface area (Å²) in [4.78, 5) is 51.1. The van der Waals surface area contributed by atoms with Gasteiger partial charge in [0.25, 0.3) is 0 Å². The summed E-state index contributed by atoms with van der Waals surface area (Å²) >= 11 is 0. The Bertz CT molecular complexity index is 2160. The normalized spacial score (nSPS) is 27.4. The maximum absolute atomic E-state index is 14.3. The second-order valence-corrected chi connectivity index (χ2v) is 29.5. The molecule has 0 spiro atoms. The fourth-order valence-corrected chi connectivity index (χ4v) is 13.8. The van der Waals surface area contributed by atoms with Gasteiger partial charge in [-0.2, -0.15) is 0 Å². The Kier molecular flexibility index (Phi) is 52.0. The number of rotatable bonds is 61. The number of hydrogen-bond acceptors (Lipinski definition) is 23. The molecule has 0 bridgehead atoms. The van der Waals surface area contributed by atoms with Crippen LogP contribution in [0.25, 0.3) is 0 Å². The van der Waals surface area contributed by atoms with Crippen LogP contribution in [0.3, 0.4) is 0 Å². The van der Waals surface area contributed by atoms with E-state index >= 15 is 0 Å². The maximum Gasteiger partial charge on any atom is 0.472 e. The number of aliphatic hydroxyl groups is 10. The highest BCUT2D eigenvalue weighted by atomic mass is 31.2. The topological polar surface area (TPSA) is 374 Å².